The molecule has 1 aliphatic heterocycles. The Kier molecular flexibility index (Phi) is 4.39. The van der Waals surface area contributed by atoms with Crippen molar-refractivity contribution in [2.75, 3.05) is 6.61 Å². The smallest absolute Gasteiger partial charge is 0.404 e. The van der Waals surface area contributed by atoms with Crippen molar-refractivity contribution < 1.29 is 18.1 Å². The van der Waals surface area contributed by atoms with Crippen LogP contribution < -0.4 is 4.52 Å². The number of phosphoric ester groups is 1. The lowest BCUT2D eigenvalue weighted by molar-refractivity contribution is 0.0518. The summed E-state index contributed by atoms with van der Waals surface area (Å²) in [4.78, 5) is 0. The van der Waals surface area contributed by atoms with Crippen LogP contribution in [0.25, 0.3) is 0 Å². The van der Waals surface area contributed by atoms with E-state index in [1.54, 1.807) is 12.1 Å². The number of hydrogen-bond donors (Lipinski definition) is 0. The van der Waals surface area contributed by atoms with Crippen molar-refractivity contribution in [3.63, 3.8) is 0 Å². The molecular formula is C16H17O4P. The highest BCUT2D eigenvalue weighted by Crippen LogP contribution is 2.53. The third kappa shape index (κ3) is 3.94. The Labute approximate surface area is 124 Å². The third-order valence-corrected chi connectivity index (χ3v) is 4.72. The highest BCUT2D eigenvalue weighted by atomic mass is 31.2. The van der Waals surface area contributed by atoms with Gasteiger partial charge >= 0.3 is 7.82 Å². The first-order valence-corrected chi connectivity index (χ1v) is 8.41. The van der Waals surface area contributed by atoms with Gasteiger partial charge in [-0.1, -0.05) is 48.5 Å². The van der Waals surface area contributed by atoms with E-state index in [4.69, 9.17) is 13.6 Å². The van der Waals surface area contributed by atoms with Crippen molar-refractivity contribution in [1.82, 2.24) is 0 Å². The van der Waals surface area contributed by atoms with E-state index in [1.165, 1.54) is 0 Å². The minimum Gasteiger partial charge on any atom is -0.404 e. The van der Waals surface area contributed by atoms with Crippen LogP contribution in [0.2, 0.25) is 0 Å². The summed E-state index contributed by atoms with van der Waals surface area (Å²) >= 11 is 0. The molecule has 21 heavy (non-hydrogen) atoms. The van der Waals surface area contributed by atoms with E-state index in [-0.39, 0.29) is 6.10 Å². The summed E-state index contributed by atoms with van der Waals surface area (Å²) in [5.41, 5.74) is 1.15. The SMILES string of the molecule is [17O]=[P@]1(Oc2ccccc2)OCC[C@H](Cc2ccccc2)O1. The van der Waals surface area contributed by atoms with Crippen LogP contribution in [0.5, 0.6) is 5.75 Å². The molecular weight excluding hydrogens is 288 g/mol. The molecule has 0 radical (unpaired) electrons. The fourth-order valence-electron chi connectivity index (χ4n) is 2.24. The highest BCUT2D eigenvalue weighted by Gasteiger charge is 2.36. The zero-order valence-electron chi connectivity index (χ0n) is 11.6. The first-order chi connectivity index (χ1) is 10.2. The van der Waals surface area contributed by atoms with Crippen LogP contribution >= 0.6 is 7.82 Å². The molecule has 1 aliphatic rings. The molecule has 0 saturated carbocycles. The second kappa shape index (κ2) is 6.44. The third-order valence-electron chi connectivity index (χ3n) is 3.23. The van der Waals surface area contributed by atoms with E-state index >= 15 is 0 Å². The first-order valence-electron chi connectivity index (χ1n) is 6.95. The molecule has 0 bridgehead atoms. The molecule has 0 spiro atoms. The summed E-state index contributed by atoms with van der Waals surface area (Å²) in [5.74, 6) is 0.487. The molecule has 0 aromatic heterocycles. The van der Waals surface area contributed by atoms with E-state index in [9.17, 15) is 4.57 Å². The predicted molar refractivity (Wildman–Crippen MR) is 80.3 cm³/mol. The predicted octanol–water partition coefficient (Wildman–Crippen LogP) is 4.22. The molecule has 0 unspecified atom stereocenters. The first kappa shape index (κ1) is 14.3. The zero-order chi connectivity index (χ0) is 14.5. The lowest BCUT2D eigenvalue weighted by atomic mass is 10.1. The van der Waals surface area contributed by atoms with Gasteiger partial charge in [0.25, 0.3) is 0 Å². The van der Waals surface area contributed by atoms with Gasteiger partial charge in [0, 0.05) is 0 Å². The Morgan fingerprint density at radius 2 is 1.71 bits per heavy atom. The molecule has 0 amide bonds. The van der Waals surface area contributed by atoms with Crippen LogP contribution in [0, 0.1) is 0 Å². The molecule has 4 nitrogen and oxygen atoms in total. The quantitative estimate of drug-likeness (QED) is 0.793. The highest BCUT2D eigenvalue weighted by molar-refractivity contribution is 7.49. The maximum atomic E-state index is 12.5. The van der Waals surface area contributed by atoms with Crippen molar-refractivity contribution >= 4 is 7.82 Å². The maximum Gasteiger partial charge on any atom is 0.530 e. The van der Waals surface area contributed by atoms with E-state index in [0.717, 1.165) is 5.56 Å². The van der Waals surface area contributed by atoms with Gasteiger partial charge in [-0.3, -0.25) is 9.05 Å². The van der Waals surface area contributed by atoms with Crippen LogP contribution in [-0.2, 0) is 20.0 Å². The van der Waals surface area contributed by atoms with Crippen LogP contribution in [0.4, 0.5) is 0 Å². The average Bonchev–Trinajstić information content (AvgIpc) is 2.49. The summed E-state index contributed by atoms with van der Waals surface area (Å²) in [6.07, 6.45) is 1.25. The van der Waals surface area contributed by atoms with Gasteiger partial charge in [0.05, 0.1) is 12.7 Å². The van der Waals surface area contributed by atoms with Crippen molar-refractivity contribution in [1.29, 1.82) is 0 Å². The number of rotatable bonds is 4. The Hall–Kier alpha value is -1.61. The molecule has 2 atom stereocenters. The summed E-state index contributed by atoms with van der Waals surface area (Å²) in [6, 6.07) is 18.9. The van der Waals surface area contributed by atoms with Crippen LogP contribution in [0.15, 0.2) is 60.7 Å². The van der Waals surface area contributed by atoms with Crippen LogP contribution in [0.3, 0.4) is 0 Å². The number of benzene rings is 2. The van der Waals surface area contributed by atoms with E-state index in [1.807, 2.05) is 48.5 Å². The monoisotopic (exact) mass is 305 g/mol. The van der Waals surface area contributed by atoms with Gasteiger partial charge in [0.15, 0.2) is 0 Å². The second-order valence-corrected chi connectivity index (χ2v) is 6.44. The lowest BCUT2D eigenvalue weighted by Crippen LogP contribution is -2.24. The van der Waals surface area contributed by atoms with Crippen molar-refractivity contribution in [2.45, 2.75) is 18.9 Å². The van der Waals surface area contributed by atoms with Gasteiger partial charge in [-0.2, -0.15) is 0 Å². The summed E-state index contributed by atoms with van der Waals surface area (Å²) in [6.45, 7) is 0.377. The summed E-state index contributed by atoms with van der Waals surface area (Å²) in [5, 5.41) is 0. The minimum absolute atomic E-state index is 0.157. The van der Waals surface area contributed by atoms with Gasteiger partial charge in [0.2, 0.25) is 0 Å². The molecule has 1 saturated heterocycles. The van der Waals surface area contributed by atoms with Crippen molar-refractivity contribution in [3.05, 3.63) is 66.2 Å². The number of hydrogen-bond acceptors (Lipinski definition) is 4. The zero-order valence-corrected chi connectivity index (χ0v) is 12.4. The molecule has 1 heterocycles. The minimum atomic E-state index is -3.53. The van der Waals surface area contributed by atoms with E-state index in [2.05, 4.69) is 0 Å². The van der Waals surface area contributed by atoms with E-state index < -0.39 is 7.82 Å². The molecule has 2 aromatic rings. The Bertz CT molecular complexity index is 615. The van der Waals surface area contributed by atoms with Gasteiger partial charge in [-0.25, -0.2) is 4.57 Å². The molecule has 0 N–H and O–H groups in total. The topological polar surface area (TPSA) is 44.8 Å². The Morgan fingerprint density at radius 1 is 1.05 bits per heavy atom. The summed E-state index contributed by atoms with van der Waals surface area (Å²) in [7, 11) is -3.53. The number of para-hydroxylation sites is 1. The molecule has 2 aromatic carbocycles. The molecule has 1 fully saturated rings. The van der Waals surface area contributed by atoms with Gasteiger partial charge < -0.3 is 4.52 Å². The Balaban J connectivity index is 1.66. The van der Waals surface area contributed by atoms with Crippen LogP contribution in [0.1, 0.15) is 12.0 Å². The molecule has 5 heteroatoms. The van der Waals surface area contributed by atoms with Gasteiger partial charge in [0.1, 0.15) is 5.75 Å². The second-order valence-electron chi connectivity index (χ2n) is 4.89. The molecule has 0 aliphatic carbocycles. The average molecular weight is 305 g/mol. The van der Waals surface area contributed by atoms with Gasteiger partial charge in [-0.05, 0) is 30.5 Å². The van der Waals surface area contributed by atoms with Crippen molar-refractivity contribution in [2.24, 2.45) is 0 Å². The Morgan fingerprint density at radius 3 is 2.43 bits per heavy atom. The molecule has 110 valence electrons. The maximum absolute atomic E-state index is 12.5. The van der Waals surface area contributed by atoms with Crippen molar-refractivity contribution in [3.8, 4) is 5.75 Å². The molecule has 3 rings (SSSR count). The van der Waals surface area contributed by atoms with Gasteiger partial charge in [-0.15, -0.1) is 0 Å². The van der Waals surface area contributed by atoms with E-state index in [0.29, 0.717) is 25.2 Å². The largest absolute Gasteiger partial charge is 0.530 e. The fraction of sp³-hybridized carbons (Fsp3) is 0.250. The number of phosphoric acid groups is 1. The fourth-order valence-corrected chi connectivity index (χ4v) is 3.65. The summed E-state index contributed by atoms with van der Waals surface area (Å²) < 4.78 is 28.8. The normalized spacial score (nSPS) is 25.4. The lowest BCUT2D eigenvalue weighted by Gasteiger charge is -2.28. The van der Waals surface area contributed by atoms with Crippen LogP contribution in [-0.4, -0.2) is 12.7 Å². The standard InChI is InChI=1S/C16H17O4P/c17-21(19-15-9-5-2-6-10-15)18-12-11-16(20-21)13-14-7-3-1-4-8-14/h1-10,16H,11-13H2/t16-,21-/m1/s1/i17+1.